The van der Waals surface area contributed by atoms with Crippen molar-refractivity contribution in [2.24, 2.45) is 5.92 Å². The molecule has 0 radical (unpaired) electrons. The van der Waals surface area contributed by atoms with E-state index in [0.29, 0.717) is 5.69 Å². The molecule has 0 spiro atoms. The predicted octanol–water partition coefficient (Wildman–Crippen LogP) is 2.05. The Morgan fingerprint density at radius 3 is 2.82 bits per heavy atom. The average molecular weight is 297 g/mol. The Bertz CT molecular complexity index is 688. The van der Waals surface area contributed by atoms with Gasteiger partial charge in [0.1, 0.15) is 5.69 Å². The number of amides is 1. The molecule has 1 aliphatic rings. The molecular weight excluding hydrogens is 278 g/mol. The van der Waals surface area contributed by atoms with E-state index < -0.39 is 0 Å². The van der Waals surface area contributed by atoms with Crippen LogP contribution in [-0.4, -0.2) is 33.9 Å². The van der Waals surface area contributed by atoms with Crippen LogP contribution in [0.1, 0.15) is 22.5 Å². The highest BCUT2D eigenvalue weighted by molar-refractivity contribution is 5.93. The molecule has 0 unspecified atom stereocenters. The van der Waals surface area contributed by atoms with Gasteiger partial charge in [-0.05, 0) is 19.4 Å². The molecule has 5 nitrogen and oxygen atoms in total. The van der Waals surface area contributed by atoms with Crippen molar-refractivity contribution in [3.8, 4) is 11.3 Å². The summed E-state index contributed by atoms with van der Waals surface area (Å²) in [6.07, 6.45) is 4.60. The maximum atomic E-state index is 12.2. The number of hydrogen-bond donors (Lipinski definition) is 3. The highest BCUT2D eigenvalue weighted by Crippen LogP contribution is 2.20. The van der Waals surface area contributed by atoms with Crippen LogP contribution >= 0.6 is 0 Å². The van der Waals surface area contributed by atoms with Crippen LogP contribution in [0.25, 0.3) is 11.3 Å². The molecule has 1 aliphatic carbocycles. The van der Waals surface area contributed by atoms with Crippen molar-refractivity contribution in [1.29, 1.82) is 0 Å². The van der Waals surface area contributed by atoms with Gasteiger partial charge in [-0.15, -0.1) is 0 Å². The van der Waals surface area contributed by atoms with Crippen LogP contribution in [0.15, 0.2) is 42.5 Å². The molecule has 2 atom stereocenters. The van der Waals surface area contributed by atoms with Gasteiger partial charge < -0.3 is 10.4 Å². The van der Waals surface area contributed by atoms with Gasteiger partial charge in [0.15, 0.2) is 0 Å². The summed E-state index contributed by atoms with van der Waals surface area (Å²) in [7, 11) is 0. The summed E-state index contributed by atoms with van der Waals surface area (Å²) in [5.41, 5.74) is 3.35. The van der Waals surface area contributed by atoms with Gasteiger partial charge >= 0.3 is 0 Å². The lowest BCUT2D eigenvalue weighted by atomic mass is 10.1. The number of carbonyl (C=O) groups excluding carboxylic acids is 1. The molecule has 0 saturated carbocycles. The first-order valence-electron chi connectivity index (χ1n) is 7.38. The molecule has 22 heavy (non-hydrogen) atoms. The average Bonchev–Trinajstić information content (AvgIpc) is 3.17. The van der Waals surface area contributed by atoms with Crippen molar-refractivity contribution in [3.63, 3.8) is 0 Å². The third-order valence-corrected chi connectivity index (χ3v) is 3.89. The lowest BCUT2D eigenvalue weighted by Gasteiger charge is -2.11. The molecule has 0 fully saturated rings. The van der Waals surface area contributed by atoms with E-state index in [2.05, 4.69) is 15.5 Å². The van der Waals surface area contributed by atoms with Crippen molar-refractivity contribution < 1.29 is 9.90 Å². The molecule has 0 saturated heterocycles. The molecule has 0 bridgehead atoms. The second-order valence-electron chi connectivity index (χ2n) is 5.68. The third-order valence-electron chi connectivity index (χ3n) is 3.89. The number of carbonyl (C=O) groups is 1. The van der Waals surface area contributed by atoms with Crippen molar-refractivity contribution in [1.82, 2.24) is 15.5 Å². The summed E-state index contributed by atoms with van der Waals surface area (Å²) >= 11 is 0. The second kappa shape index (κ2) is 6.15. The number of hydrogen-bond acceptors (Lipinski definition) is 3. The zero-order chi connectivity index (χ0) is 15.5. The van der Waals surface area contributed by atoms with Gasteiger partial charge in [0.25, 0.3) is 5.91 Å². The molecule has 3 rings (SSSR count). The first-order chi connectivity index (χ1) is 10.7. The molecular formula is C17H19N3O2. The zero-order valence-corrected chi connectivity index (χ0v) is 12.4. The fraction of sp³-hybridized carbons (Fsp3) is 0.294. The summed E-state index contributed by atoms with van der Waals surface area (Å²) in [6.45, 7) is 2.15. The van der Waals surface area contributed by atoms with Crippen molar-refractivity contribution in [2.45, 2.75) is 19.4 Å². The Morgan fingerprint density at radius 1 is 1.36 bits per heavy atom. The van der Waals surface area contributed by atoms with Gasteiger partial charge in [0.05, 0.1) is 5.69 Å². The van der Waals surface area contributed by atoms with Crippen LogP contribution in [0, 0.1) is 12.8 Å². The largest absolute Gasteiger partial charge is 0.396 e. The first kappa shape index (κ1) is 14.5. The van der Waals surface area contributed by atoms with Gasteiger partial charge in [-0.2, -0.15) is 5.10 Å². The first-order valence-corrected chi connectivity index (χ1v) is 7.38. The number of nitrogens with zero attached hydrogens (tertiary/aromatic N) is 1. The number of aliphatic hydroxyl groups excluding tert-OH is 1. The summed E-state index contributed by atoms with van der Waals surface area (Å²) in [6, 6.07) is 9.72. The van der Waals surface area contributed by atoms with Gasteiger partial charge in [-0.25, -0.2) is 0 Å². The molecule has 2 aromatic rings. The normalized spacial score (nSPS) is 20.3. The number of aromatic nitrogens is 2. The number of rotatable bonds is 4. The zero-order valence-electron chi connectivity index (χ0n) is 12.4. The highest BCUT2D eigenvalue weighted by Gasteiger charge is 2.21. The second-order valence-corrected chi connectivity index (χ2v) is 5.68. The van der Waals surface area contributed by atoms with E-state index in [-0.39, 0.29) is 24.5 Å². The standard InChI is InChI=1S/C17H19N3O2/c1-11-2-5-13(6-3-11)15-9-16(20-19-15)17(22)18-14-7-4-12(8-14)10-21/h2-7,9,12,14,21H,8,10H2,1H3,(H,18,22)(H,19,20)/t12-,14+/m0/s1. The number of benzene rings is 1. The predicted molar refractivity (Wildman–Crippen MR) is 84.3 cm³/mol. The van der Waals surface area contributed by atoms with E-state index in [1.807, 2.05) is 43.3 Å². The number of nitrogens with one attached hydrogen (secondary N) is 2. The van der Waals surface area contributed by atoms with Crippen molar-refractivity contribution in [2.75, 3.05) is 6.61 Å². The van der Waals surface area contributed by atoms with Crippen LogP contribution in [0.2, 0.25) is 0 Å². The van der Waals surface area contributed by atoms with E-state index in [1.54, 1.807) is 6.07 Å². The minimum absolute atomic E-state index is 0.0317. The maximum absolute atomic E-state index is 12.2. The van der Waals surface area contributed by atoms with Crippen molar-refractivity contribution >= 4 is 5.91 Å². The maximum Gasteiger partial charge on any atom is 0.269 e. The molecule has 1 heterocycles. The van der Waals surface area contributed by atoms with Crippen LogP contribution in [0.4, 0.5) is 0 Å². The molecule has 1 aromatic heterocycles. The molecule has 3 N–H and O–H groups in total. The minimum Gasteiger partial charge on any atom is -0.396 e. The lowest BCUT2D eigenvalue weighted by molar-refractivity contribution is 0.0936. The Balaban J connectivity index is 1.67. The van der Waals surface area contributed by atoms with E-state index in [1.165, 1.54) is 5.56 Å². The van der Waals surface area contributed by atoms with Crippen LogP contribution < -0.4 is 5.32 Å². The SMILES string of the molecule is Cc1ccc(-c2cc(C(=O)N[C@@H]3C=C[C@H](CO)C3)[nH]n2)cc1. The quantitative estimate of drug-likeness (QED) is 0.756. The molecule has 0 aliphatic heterocycles. The molecule has 1 aromatic carbocycles. The van der Waals surface area contributed by atoms with Gasteiger partial charge in [0.2, 0.25) is 0 Å². The number of H-pyrrole nitrogens is 1. The Hall–Kier alpha value is -2.40. The van der Waals surface area contributed by atoms with E-state index >= 15 is 0 Å². The van der Waals surface area contributed by atoms with E-state index in [9.17, 15) is 4.79 Å². The Labute approximate surface area is 129 Å². The van der Waals surface area contributed by atoms with E-state index in [4.69, 9.17) is 5.11 Å². The van der Waals surface area contributed by atoms with Crippen LogP contribution in [0.5, 0.6) is 0 Å². The van der Waals surface area contributed by atoms with Crippen LogP contribution in [-0.2, 0) is 0 Å². The minimum atomic E-state index is -0.181. The summed E-state index contributed by atoms with van der Waals surface area (Å²) in [5, 5.41) is 19.0. The monoisotopic (exact) mass is 297 g/mol. The Morgan fingerprint density at radius 2 is 2.14 bits per heavy atom. The summed E-state index contributed by atoms with van der Waals surface area (Å²) in [4.78, 5) is 12.2. The lowest BCUT2D eigenvalue weighted by Crippen LogP contribution is -2.33. The fourth-order valence-corrected chi connectivity index (χ4v) is 2.57. The molecule has 114 valence electrons. The summed E-state index contributed by atoms with van der Waals surface area (Å²) in [5.74, 6) is -0.0470. The highest BCUT2D eigenvalue weighted by atomic mass is 16.3. The van der Waals surface area contributed by atoms with Crippen LogP contribution in [0.3, 0.4) is 0 Å². The smallest absolute Gasteiger partial charge is 0.269 e. The summed E-state index contributed by atoms with van der Waals surface area (Å²) < 4.78 is 0. The molecule has 5 heteroatoms. The third kappa shape index (κ3) is 3.09. The number of aromatic amines is 1. The topological polar surface area (TPSA) is 78.0 Å². The van der Waals surface area contributed by atoms with Crippen molar-refractivity contribution in [3.05, 3.63) is 53.7 Å². The Kier molecular flexibility index (Phi) is 4.06. The van der Waals surface area contributed by atoms with Gasteiger partial charge in [0, 0.05) is 24.1 Å². The van der Waals surface area contributed by atoms with Gasteiger partial charge in [-0.1, -0.05) is 42.0 Å². The van der Waals surface area contributed by atoms with Gasteiger partial charge in [-0.3, -0.25) is 9.89 Å². The number of aryl methyl sites for hydroxylation is 1. The fourth-order valence-electron chi connectivity index (χ4n) is 2.57. The molecule has 1 amide bonds. The van der Waals surface area contributed by atoms with E-state index in [0.717, 1.165) is 17.7 Å². The number of aliphatic hydroxyl groups is 1.